The van der Waals surface area contributed by atoms with Gasteiger partial charge in [0.1, 0.15) is 5.82 Å². The zero-order valence-corrected chi connectivity index (χ0v) is 26.1. The van der Waals surface area contributed by atoms with Gasteiger partial charge in [0.2, 0.25) is 5.70 Å². The number of Topliss-reactive ketones (excluding diaryl/α,β-unsaturated/α-hetero) is 1. The Kier molecular flexibility index (Phi) is 8.27. The molecule has 0 amide bonds. The molecule has 2 atom stereocenters. The van der Waals surface area contributed by atoms with E-state index in [2.05, 4.69) is 41.1 Å². The number of nitro groups is 1. The van der Waals surface area contributed by atoms with E-state index in [1.807, 2.05) is 37.3 Å². The zero-order valence-electron chi connectivity index (χ0n) is 23.9. The predicted octanol–water partition coefficient (Wildman–Crippen LogP) is 8.91. The number of allylic oxidation sites excluding steroid dienone is 8. The molecule has 1 aliphatic heterocycles. The van der Waals surface area contributed by atoms with E-state index in [1.165, 1.54) is 31.2 Å². The number of ketones is 1. The Balaban J connectivity index is 1.76. The minimum absolute atomic E-state index is 0.0594. The third-order valence-electron chi connectivity index (χ3n) is 7.97. The van der Waals surface area contributed by atoms with E-state index in [9.17, 15) is 28.1 Å². The van der Waals surface area contributed by atoms with Gasteiger partial charge in [-0.3, -0.25) is 14.9 Å². The molecule has 1 aromatic heterocycles. The van der Waals surface area contributed by atoms with Gasteiger partial charge in [-0.1, -0.05) is 68.6 Å². The van der Waals surface area contributed by atoms with Crippen molar-refractivity contribution in [2.75, 3.05) is 5.32 Å². The SMILES string of the molecule is C=C(/C=C\C=C(/C)[N+](=O)[O-])n1nc(-c2ccccc2)c2c1NC1=C(C(=O)CC(C)(C(=C)I)C1)C2c1ccc(C(F)(F)F)cc1. The Morgan fingerprint density at radius 1 is 1.16 bits per heavy atom. The second kappa shape index (κ2) is 11.7. The lowest BCUT2D eigenvalue weighted by Gasteiger charge is -2.40. The van der Waals surface area contributed by atoms with Crippen LogP contribution in [0.1, 0.15) is 49.3 Å². The molecule has 0 bridgehead atoms. The molecule has 1 aliphatic carbocycles. The lowest BCUT2D eigenvalue weighted by Crippen LogP contribution is -2.35. The lowest BCUT2D eigenvalue weighted by molar-refractivity contribution is -0.424. The Hall–Kier alpha value is -4.26. The van der Waals surface area contributed by atoms with E-state index < -0.39 is 28.0 Å². The third-order valence-corrected chi connectivity index (χ3v) is 9.27. The Morgan fingerprint density at radius 3 is 2.41 bits per heavy atom. The van der Waals surface area contributed by atoms with Crippen molar-refractivity contribution in [3.05, 3.63) is 133 Å². The topological polar surface area (TPSA) is 90.1 Å². The average Bonchev–Trinajstić information content (AvgIpc) is 3.35. The van der Waals surface area contributed by atoms with E-state index in [4.69, 9.17) is 5.10 Å². The van der Waals surface area contributed by atoms with Crippen LogP contribution in [0.25, 0.3) is 17.0 Å². The smallest absolute Gasteiger partial charge is 0.343 e. The number of hydrogen-bond donors (Lipinski definition) is 1. The fourth-order valence-electron chi connectivity index (χ4n) is 5.56. The first-order chi connectivity index (χ1) is 20.7. The van der Waals surface area contributed by atoms with Gasteiger partial charge in [0.25, 0.3) is 0 Å². The first-order valence-electron chi connectivity index (χ1n) is 13.6. The van der Waals surface area contributed by atoms with Gasteiger partial charge in [0.15, 0.2) is 5.78 Å². The fourth-order valence-corrected chi connectivity index (χ4v) is 5.94. The van der Waals surface area contributed by atoms with Gasteiger partial charge >= 0.3 is 6.18 Å². The normalized spacial score (nSPS) is 20.3. The molecular weight excluding hydrogens is 684 g/mol. The number of alkyl halides is 3. The molecule has 0 fully saturated rings. The number of nitrogens with zero attached hydrogens (tertiary/aromatic N) is 3. The van der Waals surface area contributed by atoms with Crippen LogP contribution in [0.4, 0.5) is 19.0 Å². The van der Waals surface area contributed by atoms with Crippen LogP contribution in [-0.2, 0) is 11.0 Å². The summed E-state index contributed by atoms with van der Waals surface area (Å²) in [5.74, 6) is -0.339. The monoisotopic (exact) mass is 712 g/mol. The van der Waals surface area contributed by atoms with Crippen LogP contribution < -0.4 is 5.32 Å². The molecule has 2 unspecified atom stereocenters. The highest BCUT2D eigenvalue weighted by molar-refractivity contribution is 14.1. The maximum atomic E-state index is 14.0. The molecule has 5 rings (SSSR count). The molecule has 2 aliphatic rings. The third kappa shape index (κ3) is 5.80. The Bertz CT molecular complexity index is 1790. The summed E-state index contributed by atoms with van der Waals surface area (Å²) in [5, 5.41) is 19.4. The second-order valence-electron chi connectivity index (χ2n) is 11.1. The van der Waals surface area contributed by atoms with Crippen LogP contribution in [0.3, 0.4) is 0 Å². The van der Waals surface area contributed by atoms with Crippen molar-refractivity contribution in [1.29, 1.82) is 0 Å². The van der Waals surface area contributed by atoms with E-state index in [0.29, 0.717) is 46.0 Å². The molecule has 0 saturated carbocycles. The predicted molar refractivity (Wildman–Crippen MR) is 172 cm³/mol. The van der Waals surface area contributed by atoms with Gasteiger partial charge in [-0.15, -0.1) is 0 Å². The summed E-state index contributed by atoms with van der Waals surface area (Å²) in [6.45, 7) is 11.6. The van der Waals surface area contributed by atoms with Crippen LogP contribution in [0.5, 0.6) is 0 Å². The number of fused-ring (bicyclic) bond motifs is 1. The number of carbonyl (C=O) groups is 1. The summed E-state index contributed by atoms with van der Waals surface area (Å²) in [6.07, 6.45) is 0.558. The first kappa shape index (κ1) is 31.2. The largest absolute Gasteiger partial charge is 0.416 e. The van der Waals surface area contributed by atoms with Crippen molar-refractivity contribution < 1.29 is 22.9 Å². The molecule has 2 heterocycles. The minimum Gasteiger partial charge on any atom is -0.343 e. The summed E-state index contributed by atoms with van der Waals surface area (Å²) in [4.78, 5) is 24.5. The fraction of sp³-hybridized carbons (Fsp3) is 0.212. The molecule has 44 heavy (non-hydrogen) atoms. The number of halogens is 4. The molecule has 226 valence electrons. The van der Waals surface area contributed by atoms with Crippen LogP contribution >= 0.6 is 22.6 Å². The molecule has 0 saturated heterocycles. The molecule has 1 N–H and O–H groups in total. The standard InChI is InChI=1S/C33H28F3IN4O3/c1-19(9-8-10-20(2)41(43)44)40-31-29(30(39-40)23-11-6-5-7-12-23)27(22-13-15-24(16-14-22)33(34,35)36)28-25(38-31)17-32(4,21(3)37)18-26(28)42/h5-16,27,38H,1,3,17-18H2,2,4H3/b9-8-,20-10+. The number of aromatic nitrogens is 2. The molecule has 11 heteroatoms. The van der Waals surface area contributed by atoms with Gasteiger partial charge in [0, 0.05) is 53.2 Å². The highest BCUT2D eigenvalue weighted by Crippen LogP contribution is 2.54. The van der Waals surface area contributed by atoms with Crippen LogP contribution in [-0.4, -0.2) is 20.5 Å². The van der Waals surface area contributed by atoms with Crippen LogP contribution in [0.2, 0.25) is 0 Å². The molecule has 0 radical (unpaired) electrons. The summed E-state index contributed by atoms with van der Waals surface area (Å²) in [7, 11) is 0. The second-order valence-corrected chi connectivity index (χ2v) is 12.4. The number of nitrogens with one attached hydrogen (secondary N) is 1. The van der Waals surface area contributed by atoms with Gasteiger partial charge < -0.3 is 5.32 Å². The number of carbonyl (C=O) groups excluding carboxylic acids is 1. The molecule has 0 spiro atoms. The maximum Gasteiger partial charge on any atom is 0.416 e. The summed E-state index contributed by atoms with van der Waals surface area (Å²) in [6, 6.07) is 14.2. The van der Waals surface area contributed by atoms with Gasteiger partial charge in [0.05, 0.1) is 21.9 Å². The summed E-state index contributed by atoms with van der Waals surface area (Å²) >= 11 is 2.14. The molecular formula is C33H28F3IN4O3. The molecule has 3 aromatic rings. The number of hydrogen-bond acceptors (Lipinski definition) is 5. The van der Waals surface area contributed by atoms with Crippen molar-refractivity contribution in [2.45, 2.75) is 38.8 Å². The highest BCUT2D eigenvalue weighted by atomic mass is 127. The maximum absolute atomic E-state index is 14.0. The minimum atomic E-state index is -4.52. The van der Waals surface area contributed by atoms with Crippen molar-refractivity contribution in [3.63, 3.8) is 0 Å². The van der Waals surface area contributed by atoms with Crippen molar-refractivity contribution in [3.8, 4) is 11.3 Å². The molecule has 2 aromatic carbocycles. The number of benzene rings is 2. The summed E-state index contributed by atoms with van der Waals surface area (Å²) in [5.41, 5.74) is 2.50. The Morgan fingerprint density at radius 2 is 1.82 bits per heavy atom. The summed E-state index contributed by atoms with van der Waals surface area (Å²) < 4.78 is 42.9. The van der Waals surface area contributed by atoms with Gasteiger partial charge in [-0.2, -0.15) is 18.3 Å². The van der Waals surface area contributed by atoms with E-state index >= 15 is 0 Å². The van der Waals surface area contributed by atoms with Crippen molar-refractivity contribution >= 4 is 39.9 Å². The number of rotatable bonds is 7. The van der Waals surface area contributed by atoms with Crippen LogP contribution in [0, 0.1) is 15.5 Å². The van der Waals surface area contributed by atoms with Crippen molar-refractivity contribution in [2.24, 2.45) is 5.41 Å². The Labute approximate surface area is 265 Å². The van der Waals surface area contributed by atoms with Gasteiger partial charge in [-0.05, 0) is 56.4 Å². The van der Waals surface area contributed by atoms with E-state index in [0.717, 1.165) is 21.3 Å². The quantitative estimate of drug-likeness (QED) is 0.114. The molecule has 7 nitrogen and oxygen atoms in total. The van der Waals surface area contributed by atoms with E-state index in [-0.39, 0.29) is 17.9 Å². The lowest BCUT2D eigenvalue weighted by atomic mass is 9.68. The van der Waals surface area contributed by atoms with E-state index in [1.54, 1.807) is 10.8 Å². The first-order valence-corrected chi connectivity index (χ1v) is 14.7. The number of anilines is 1. The van der Waals surface area contributed by atoms with Gasteiger partial charge in [-0.25, -0.2) is 4.68 Å². The van der Waals surface area contributed by atoms with Crippen LogP contribution in [0.15, 0.2) is 107 Å². The van der Waals surface area contributed by atoms with Crippen molar-refractivity contribution in [1.82, 2.24) is 9.78 Å². The highest BCUT2D eigenvalue weighted by Gasteiger charge is 2.46. The zero-order chi connectivity index (χ0) is 32.0. The average molecular weight is 713 g/mol.